The summed E-state index contributed by atoms with van der Waals surface area (Å²) in [5.74, 6) is 0.441. The molecule has 1 N–H and O–H groups in total. The van der Waals surface area contributed by atoms with Crippen LogP contribution in [-0.4, -0.2) is 27.7 Å². The molecule has 0 radical (unpaired) electrons. The molecule has 9 heteroatoms. The SMILES string of the molecule is COc1cccc(-c2ccc(=O)n(CCCC(=O)Nc3ccc([N+](=O)[O-])cc3)n2)c1. The van der Waals surface area contributed by atoms with Crippen LogP contribution in [-0.2, 0) is 11.3 Å². The largest absolute Gasteiger partial charge is 0.497 e. The van der Waals surface area contributed by atoms with Gasteiger partial charge in [-0.1, -0.05) is 12.1 Å². The number of hydrogen-bond donors (Lipinski definition) is 1. The number of benzene rings is 2. The summed E-state index contributed by atoms with van der Waals surface area (Å²) in [6, 6.07) is 16.0. The normalized spacial score (nSPS) is 10.4. The van der Waals surface area contributed by atoms with Gasteiger partial charge in [-0.25, -0.2) is 4.68 Å². The minimum atomic E-state index is -0.504. The molecule has 0 saturated carbocycles. The number of non-ortho nitro benzene ring substituents is 1. The molecule has 9 nitrogen and oxygen atoms in total. The topological polar surface area (TPSA) is 116 Å². The number of rotatable bonds is 8. The summed E-state index contributed by atoms with van der Waals surface area (Å²) in [6.07, 6.45) is 0.585. The van der Waals surface area contributed by atoms with Crippen LogP contribution in [0.15, 0.2) is 65.5 Å². The van der Waals surface area contributed by atoms with Crippen molar-refractivity contribution in [2.75, 3.05) is 12.4 Å². The van der Waals surface area contributed by atoms with Crippen LogP contribution in [0, 0.1) is 10.1 Å². The number of hydrogen-bond acceptors (Lipinski definition) is 6. The van der Waals surface area contributed by atoms with E-state index in [0.29, 0.717) is 23.6 Å². The molecule has 0 bridgehead atoms. The van der Waals surface area contributed by atoms with E-state index in [1.165, 1.54) is 35.0 Å². The highest BCUT2D eigenvalue weighted by Crippen LogP contribution is 2.21. The lowest BCUT2D eigenvalue weighted by Crippen LogP contribution is -2.23. The second-order valence-corrected chi connectivity index (χ2v) is 6.47. The van der Waals surface area contributed by atoms with Gasteiger partial charge in [0.2, 0.25) is 5.91 Å². The first-order valence-corrected chi connectivity index (χ1v) is 9.23. The van der Waals surface area contributed by atoms with Crippen molar-refractivity contribution in [3.8, 4) is 17.0 Å². The number of carbonyl (C=O) groups is 1. The molecule has 0 spiro atoms. The van der Waals surface area contributed by atoms with Gasteiger partial charge in [0.1, 0.15) is 5.75 Å². The standard InChI is InChI=1S/C21H20N4O5/c1-30-18-5-2-4-15(14-18)19-11-12-21(27)24(23-19)13-3-6-20(26)22-16-7-9-17(10-8-16)25(28)29/h2,4-5,7-12,14H,3,6,13H2,1H3,(H,22,26). The minimum Gasteiger partial charge on any atom is -0.497 e. The number of carbonyl (C=O) groups excluding carboxylic acids is 1. The molecule has 0 fully saturated rings. The van der Waals surface area contributed by atoms with E-state index in [2.05, 4.69) is 10.4 Å². The number of nitrogens with zero attached hydrogens (tertiary/aromatic N) is 3. The number of ether oxygens (including phenoxy) is 1. The summed E-state index contributed by atoms with van der Waals surface area (Å²) >= 11 is 0. The van der Waals surface area contributed by atoms with Gasteiger partial charge in [-0.15, -0.1) is 0 Å². The Labute approximate surface area is 172 Å². The monoisotopic (exact) mass is 408 g/mol. The lowest BCUT2D eigenvalue weighted by molar-refractivity contribution is -0.384. The Morgan fingerprint density at radius 1 is 1.17 bits per heavy atom. The van der Waals surface area contributed by atoms with Crippen molar-refractivity contribution in [2.45, 2.75) is 19.4 Å². The second kappa shape index (κ2) is 9.46. The van der Waals surface area contributed by atoms with E-state index in [9.17, 15) is 19.7 Å². The van der Waals surface area contributed by atoms with E-state index in [-0.39, 0.29) is 30.1 Å². The van der Waals surface area contributed by atoms with Crippen LogP contribution in [0.3, 0.4) is 0 Å². The first-order valence-electron chi connectivity index (χ1n) is 9.23. The van der Waals surface area contributed by atoms with Crippen LogP contribution >= 0.6 is 0 Å². The lowest BCUT2D eigenvalue weighted by atomic mass is 10.1. The van der Waals surface area contributed by atoms with Gasteiger partial charge in [-0.05, 0) is 36.8 Å². The number of nitro benzene ring substituents is 1. The van der Waals surface area contributed by atoms with Crippen LogP contribution in [0.1, 0.15) is 12.8 Å². The van der Waals surface area contributed by atoms with Crippen molar-refractivity contribution >= 4 is 17.3 Å². The number of aryl methyl sites for hydroxylation is 1. The van der Waals surface area contributed by atoms with E-state index >= 15 is 0 Å². The molecule has 0 unspecified atom stereocenters. The van der Waals surface area contributed by atoms with Gasteiger partial charge in [-0.2, -0.15) is 5.10 Å². The summed E-state index contributed by atoms with van der Waals surface area (Å²) in [7, 11) is 1.58. The first kappa shape index (κ1) is 20.7. The highest BCUT2D eigenvalue weighted by Gasteiger charge is 2.08. The fraction of sp³-hybridized carbons (Fsp3) is 0.190. The second-order valence-electron chi connectivity index (χ2n) is 6.47. The van der Waals surface area contributed by atoms with Gasteiger partial charge in [0.15, 0.2) is 0 Å². The van der Waals surface area contributed by atoms with E-state index in [1.807, 2.05) is 24.3 Å². The molecule has 1 amide bonds. The summed E-state index contributed by atoms with van der Waals surface area (Å²) in [4.78, 5) is 34.4. The van der Waals surface area contributed by atoms with E-state index in [0.717, 1.165) is 5.56 Å². The third-order valence-corrected chi connectivity index (χ3v) is 4.37. The predicted octanol–water partition coefficient (Wildman–Crippen LogP) is 3.25. The Kier molecular flexibility index (Phi) is 6.53. The Morgan fingerprint density at radius 2 is 1.93 bits per heavy atom. The summed E-state index contributed by atoms with van der Waals surface area (Å²) in [5, 5.41) is 17.7. The zero-order valence-electron chi connectivity index (χ0n) is 16.3. The zero-order chi connectivity index (χ0) is 21.5. The van der Waals surface area contributed by atoms with Crippen LogP contribution < -0.4 is 15.6 Å². The molecule has 0 aliphatic heterocycles. The van der Waals surface area contributed by atoms with Gasteiger partial charge in [0, 0.05) is 42.4 Å². The fourth-order valence-corrected chi connectivity index (χ4v) is 2.82. The number of anilines is 1. The van der Waals surface area contributed by atoms with Gasteiger partial charge >= 0.3 is 0 Å². The summed E-state index contributed by atoms with van der Waals surface area (Å²) in [5.41, 5.74) is 1.62. The van der Waals surface area contributed by atoms with Crippen molar-refractivity contribution in [1.82, 2.24) is 9.78 Å². The Bertz CT molecular complexity index is 1110. The van der Waals surface area contributed by atoms with Gasteiger partial charge < -0.3 is 10.1 Å². The van der Waals surface area contributed by atoms with Crippen LogP contribution in [0.4, 0.5) is 11.4 Å². The highest BCUT2D eigenvalue weighted by atomic mass is 16.6. The number of nitrogens with one attached hydrogen (secondary N) is 1. The molecule has 1 heterocycles. The van der Waals surface area contributed by atoms with Crippen molar-refractivity contribution in [2.24, 2.45) is 0 Å². The van der Waals surface area contributed by atoms with E-state index < -0.39 is 4.92 Å². The maximum absolute atomic E-state index is 12.1. The summed E-state index contributed by atoms with van der Waals surface area (Å²) < 4.78 is 6.54. The van der Waals surface area contributed by atoms with E-state index in [4.69, 9.17) is 4.74 Å². The maximum Gasteiger partial charge on any atom is 0.269 e. The van der Waals surface area contributed by atoms with Gasteiger partial charge in [0.25, 0.3) is 11.2 Å². The molecule has 3 rings (SSSR count). The average Bonchev–Trinajstić information content (AvgIpc) is 2.75. The molecule has 154 valence electrons. The van der Waals surface area contributed by atoms with Crippen LogP contribution in [0.25, 0.3) is 11.3 Å². The molecule has 1 aromatic heterocycles. The third kappa shape index (κ3) is 5.28. The maximum atomic E-state index is 12.1. The molecule has 3 aromatic rings. The number of aromatic nitrogens is 2. The third-order valence-electron chi connectivity index (χ3n) is 4.37. The quantitative estimate of drug-likeness (QED) is 0.452. The number of methoxy groups -OCH3 is 1. The molecule has 0 atom stereocenters. The summed E-state index contributed by atoms with van der Waals surface area (Å²) in [6.45, 7) is 0.282. The predicted molar refractivity (Wildman–Crippen MR) is 111 cm³/mol. The van der Waals surface area contributed by atoms with Crippen molar-refractivity contribution < 1.29 is 14.5 Å². The minimum absolute atomic E-state index is 0.0469. The fourth-order valence-electron chi connectivity index (χ4n) is 2.82. The number of nitro groups is 1. The van der Waals surface area contributed by atoms with Crippen LogP contribution in [0.2, 0.25) is 0 Å². The first-order chi connectivity index (χ1) is 14.5. The molecule has 2 aromatic carbocycles. The van der Waals surface area contributed by atoms with Crippen molar-refractivity contribution in [3.05, 3.63) is 81.1 Å². The van der Waals surface area contributed by atoms with Crippen molar-refractivity contribution in [1.29, 1.82) is 0 Å². The molecule has 30 heavy (non-hydrogen) atoms. The van der Waals surface area contributed by atoms with Gasteiger partial charge in [-0.3, -0.25) is 19.7 Å². The smallest absolute Gasteiger partial charge is 0.269 e. The van der Waals surface area contributed by atoms with Gasteiger partial charge in [0.05, 0.1) is 17.7 Å². The Balaban J connectivity index is 1.59. The average molecular weight is 408 g/mol. The van der Waals surface area contributed by atoms with Crippen molar-refractivity contribution in [3.63, 3.8) is 0 Å². The van der Waals surface area contributed by atoms with E-state index in [1.54, 1.807) is 13.2 Å². The Morgan fingerprint density at radius 3 is 2.63 bits per heavy atom. The highest BCUT2D eigenvalue weighted by molar-refractivity contribution is 5.90. The Hall–Kier alpha value is -4.01. The zero-order valence-corrected chi connectivity index (χ0v) is 16.3. The number of amides is 1. The molecular formula is C21H20N4O5. The molecule has 0 aliphatic rings. The van der Waals surface area contributed by atoms with Crippen LogP contribution in [0.5, 0.6) is 5.75 Å². The molecule has 0 saturated heterocycles. The lowest BCUT2D eigenvalue weighted by Gasteiger charge is -2.09. The molecular weight excluding hydrogens is 388 g/mol. The molecule has 0 aliphatic carbocycles.